The Morgan fingerprint density at radius 2 is 1.77 bits per heavy atom. The lowest BCUT2D eigenvalue weighted by Crippen LogP contribution is -2.41. The third-order valence-electron chi connectivity index (χ3n) is 4.61. The van der Waals surface area contributed by atoms with Crippen molar-refractivity contribution in [3.05, 3.63) is 45.1 Å². The van der Waals surface area contributed by atoms with Gasteiger partial charge in [-0.3, -0.25) is 25.2 Å². The number of methoxy groups -OCH3 is 1. The largest absolute Gasteiger partial charge is 0.493 e. The van der Waals surface area contributed by atoms with E-state index < -0.39 is 11.8 Å². The van der Waals surface area contributed by atoms with Gasteiger partial charge in [-0.1, -0.05) is 13.8 Å². The van der Waals surface area contributed by atoms with Crippen LogP contribution in [-0.4, -0.2) is 31.3 Å². The maximum absolute atomic E-state index is 12.4. The van der Waals surface area contributed by atoms with Gasteiger partial charge in [-0.25, -0.2) is 0 Å². The highest BCUT2D eigenvalue weighted by Gasteiger charge is 2.15. The van der Waals surface area contributed by atoms with Gasteiger partial charge in [0.25, 0.3) is 5.91 Å². The Kier molecular flexibility index (Phi) is 9.05. The van der Waals surface area contributed by atoms with Crippen LogP contribution in [0.25, 0.3) is 0 Å². The normalized spacial score (nSPS) is 10.6. The predicted octanol–water partition coefficient (Wildman–Crippen LogP) is 4.22. The summed E-state index contributed by atoms with van der Waals surface area (Å²) in [5.41, 5.74) is 5.68. The lowest BCUT2D eigenvalue weighted by atomic mass is 10.1. The lowest BCUT2D eigenvalue weighted by molar-refractivity contribution is -0.121. The van der Waals surface area contributed by atoms with Crippen LogP contribution in [0.1, 0.15) is 63.6 Å². The zero-order valence-electron chi connectivity index (χ0n) is 18.7. The predicted molar refractivity (Wildman–Crippen MR) is 121 cm³/mol. The fourth-order valence-electron chi connectivity index (χ4n) is 2.86. The highest BCUT2D eigenvalue weighted by Crippen LogP contribution is 2.28. The zero-order chi connectivity index (χ0) is 23.0. The van der Waals surface area contributed by atoms with E-state index in [0.717, 1.165) is 16.2 Å². The van der Waals surface area contributed by atoms with Crippen molar-refractivity contribution in [2.75, 3.05) is 13.7 Å². The van der Waals surface area contributed by atoms with Gasteiger partial charge >= 0.3 is 0 Å². The molecule has 1 heterocycles. The van der Waals surface area contributed by atoms with Crippen LogP contribution in [0.3, 0.4) is 0 Å². The van der Waals surface area contributed by atoms with Gasteiger partial charge in [0, 0.05) is 33.7 Å². The van der Waals surface area contributed by atoms with E-state index in [1.165, 1.54) is 7.11 Å². The van der Waals surface area contributed by atoms with E-state index in [1.54, 1.807) is 29.5 Å². The highest BCUT2D eigenvalue weighted by molar-refractivity contribution is 7.12. The van der Waals surface area contributed by atoms with Crippen LogP contribution in [-0.2, 0) is 4.79 Å². The topological polar surface area (TPSA) is 93.7 Å². The molecule has 7 nitrogen and oxygen atoms in total. The van der Waals surface area contributed by atoms with Crippen molar-refractivity contribution in [2.45, 2.75) is 47.0 Å². The molecule has 0 saturated carbocycles. The first-order valence-electron chi connectivity index (χ1n) is 10.2. The number of ether oxygens (including phenoxy) is 2. The van der Waals surface area contributed by atoms with Gasteiger partial charge in [0.2, 0.25) is 5.91 Å². The molecule has 2 rings (SSSR count). The third kappa shape index (κ3) is 7.40. The number of Topliss-reactive ketones (excluding diaryl/α,β-unsaturated/α-hetero) is 1. The first kappa shape index (κ1) is 24.4. The number of carbonyl (C=O) groups is 3. The van der Waals surface area contributed by atoms with Crippen LogP contribution >= 0.6 is 11.3 Å². The minimum Gasteiger partial charge on any atom is -0.493 e. The molecule has 0 bridgehead atoms. The number of benzene rings is 1. The Labute approximate surface area is 187 Å². The summed E-state index contributed by atoms with van der Waals surface area (Å²) in [7, 11) is 1.50. The third-order valence-corrected chi connectivity index (χ3v) is 5.58. The maximum Gasteiger partial charge on any atom is 0.269 e. The van der Waals surface area contributed by atoms with Crippen molar-refractivity contribution < 1.29 is 23.9 Å². The van der Waals surface area contributed by atoms with E-state index in [9.17, 15) is 14.4 Å². The second kappa shape index (κ2) is 11.5. The van der Waals surface area contributed by atoms with Crippen molar-refractivity contribution in [3.8, 4) is 11.5 Å². The number of amides is 2. The molecule has 0 aliphatic heterocycles. The van der Waals surface area contributed by atoms with Gasteiger partial charge in [-0.15, -0.1) is 11.3 Å². The Bertz CT molecular complexity index is 936. The highest BCUT2D eigenvalue weighted by atomic mass is 32.1. The molecule has 0 atom stereocenters. The number of rotatable bonds is 10. The summed E-state index contributed by atoms with van der Waals surface area (Å²) in [5.74, 6) is 0.508. The standard InChI is InChI=1S/C23H30N2O5S/c1-14(2)10-11-30-20-8-6-17(13-21(20)29-5)23(28)25-24-22(27)9-7-19(26)18-12-15(3)31-16(18)4/h6,8,12-14H,7,9-11H2,1-5H3,(H,24,27)(H,25,28). The van der Waals surface area contributed by atoms with Crippen LogP contribution < -0.4 is 20.3 Å². The Morgan fingerprint density at radius 1 is 1.03 bits per heavy atom. The number of thiophene rings is 1. The molecule has 0 spiro atoms. The summed E-state index contributed by atoms with van der Waals surface area (Å²) in [6, 6.07) is 6.66. The molecule has 1 aromatic carbocycles. The minimum atomic E-state index is -0.490. The van der Waals surface area contributed by atoms with Crippen LogP contribution in [0.5, 0.6) is 11.5 Å². The van der Waals surface area contributed by atoms with Gasteiger partial charge in [0.05, 0.1) is 13.7 Å². The Balaban J connectivity index is 1.85. The van der Waals surface area contributed by atoms with E-state index in [1.807, 2.05) is 19.9 Å². The van der Waals surface area contributed by atoms with E-state index in [-0.39, 0.29) is 18.6 Å². The summed E-state index contributed by atoms with van der Waals surface area (Å²) in [6.45, 7) is 8.61. The zero-order valence-corrected chi connectivity index (χ0v) is 19.5. The summed E-state index contributed by atoms with van der Waals surface area (Å²) in [5, 5.41) is 0. The maximum atomic E-state index is 12.4. The fraction of sp³-hybridized carbons (Fsp3) is 0.435. The molecule has 2 amide bonds. The monoisotopic (exact) mass is 446 g/mol. The van der Waals surface area contributed by atoms with Crippen molar-refractivity contribution in [1.29, 1.82) is 0 Å². The average Bonchev–Trinajstić information content (AvgIpc) is 3.08. The molecular weight excluding hydrogens is 416 g/mol. The van der Waals surface area contributed by atoms with Crippen molar-refractivity contribution in [3.63, 3.8) is 0 Å². The number of ketones is 1. The van der Waals surface area contributed by atoms with Gasteiger partial charge in [0.15, 0.2) is 17.3 Å². The second-order valence-electron chi connectivity index (χ2n) is 7.65. The first-order chi connectivity index (χ1) is 14.7. The number of nitrogens with one attached hydrogen (secondary N) is 2. The van der Waals surface area contributed by atoms with Crippen LogP contribution in [0, 0.1) is 19.8 Å². The Morgan fingerprint density at radius 3 is 2.39 bits per heavy atom. The molecule has 168 valence electrons. The molecule has 31 heavy (non-hydrogen) atoms. The summed E-state index contributed by atoms with van der Waals surface area (Å²) < 4.78 is 11.0. The van der Waals surface area contributed by atoms with Gasteiger partial charge in [0.1, 0.15) is 0 Å². The summed E-state index contributed by atoms with van der Waals surface area (Å²) in [6.07, 6.45) is 0.972. The second-order valence-corrected chi connectivity index (χ2v) is 9.11. The number of hydrogen-bond donors (Lipinski definition) is 2. The van der Waals surface area contributed by atoms with E-state index in [0.29, 0.717) is 35.2 Å². The molecule has 0 fully saturated rings. The van der Waals surface area contributed by atoms with Crippen molar-refractivity contribution >= 4 is 28.9 Å². The minimum absolute atomic E-state index is 0.0145. The molecular formula is C23H30N2O5S. The molecule has 2 aromatic rings. The molecule has 0 aliphatic carbocycles. The number of carbonyl (C=O) groups excluding carboxylic acids is 3. The van der Waals surface area contributed by atoms with Crippen LogP contribution in [0.2, 0.25) is 0 Å². The molecule has 8 heteroatoms. The molecule has 2 N–H and O–H groups in total. The smallest absolute Gasteiger partial charge is 0.269 e. The quantitative estimate of drug-likeness (QED) is 0.421. The van der Waals surface area contributed by atoms with Gasteiger partial charge in [-0.05, 0) is 50.5 Å². The lowest BCUT2D eigenvalue weighted by Gasteiger charge is -2.13. The summed E-state index contributed by atoms with van der Waals surface area (Å²) >= 11 is 1.56. The molecule has 0 radical (unpaired) electrons. The van der Waals surface area contributed by atoms with E-state index in [4.69, 9.17) is 9.47 Å². The van der Waals surface area contributed by atoms with E-state index >= 15 is 0 Å². The van der Waals surface area contributed by atoms with Gasteiger partial charge in [-0.2, -0.15) is 0 Å². The first-order valence-corrected chi connectivity index (χ1v) is 11.0. The van der Waals surface area contributed by atoms with E-state index in [2.05, 4.69) is 24.7 Å². The van der Waals surface area contributed by atoms with Crippen molar-refractivity contribution in [1.82, 2.24) is 10.9 Å². The van der Waals surface area contributed by atoms with Crippen LogP contribution in [0.15, 0.2) is 24.3 Å². The fourth-order valence-corrected chi connectivity index (χ4v) is 3.81. The number of aryl methyl sites for hydroxylation is 2. The molecule has 1 aromatic heterocycles. The number of hydrogen-bond acceptors (Lipinski definition) is 6. The average molecular weight is 447 g/mol. The molecule has 0 aliphatic rings. The molecule has 0 saturated heterocycles. The van der Waals surface area contributed by atoms with Gasteiger partial charge < -0.3 is 9.47 Å². The number of hydrazine groups is 1. The Hall–Kier alpha value is -2.87. The van der Waals surface area contributed by atoms with Crippen LogP contribution in [0.4, 0.5) is 0 Å². The summed E-state index contributed by atoms with van der Waals surface area (Å²) in [4.78, 5) is 38.7. The van der Waals surface area contributed by atoms with Crippen molar-refractivity contribution in [2.24, 2.45) is 5.92 Å². The SMILES string of the molecule is COc1cc(C(=O)NNC(=O)CCC(=O)c2cc(C)sc2C)ccc1OCCC(C)C. The molecule has 0 unspecified atom stereocenters.